The van der Waals surface area contributed by atoms with Crippen molar-refractivity contribution in [2.24, 2.45) is 0 Å². The number of phenolic OH excluding ortho intramolecular Hbond substituents is 2. The van der Waals surface area contributed by atoms with Gasteiger partial charge in [0, 0.05) is 35.1 Å². The van der Waals surface area contributed by atoms with Crippen LogP contribution in [0.4, 0.5) is 0 Å². The Hall–Kier alpha value is -6.48. The number of phenols is 4. The van der Waals surface area contributed by atoms with Crippen molar-refractivity contribution in [1.82, 2.24) is 0 Å². The van der Waals surface area contributed by atoms with Gasteiger partial charge >= 0.3 is 11.9 Å². The van der Waals surface area contributed by atoms with E-state index in [1.165, 1.54) is 38.1 Å². The molecule has 0 unspecified atom stereocenters. The lowest BCUT2D eigenvalue weighted by Crippen LogP contribution is -2.08. The molecule has 8 N–H and O–H groups in total. The number of carbonyl (C=O) groups excluding carboxylic acids is 2. The van der Waals surface area contributed by atoms with Crippen molar-refractivity contribution in [1.29, 1.82) is 0 Å². The third-order valence-corrected chi connectivity index (χ3v) is 9.07. The van der Waals surface area contributed by atoms with E-state index in [1.54, 1.807) is 38.1 Å². The molecule has 0 aromatic heterocycles. The summed E-state index contributed by atoms with van der Waals surface area (Å²) in [5, 5.41) is 58.6. The summed E-state index contributed by atoms with van der Waals surface area (Å²) < 4.78 is 22.8. The lowest BCUT2D eigenvalue weighted by atomic mass is 10.0. The summed E-state index contributed by atoms with van der Waals surface area (Å²) in [5.41, 5.74) is 2.18. The van der Waals surface area contributed by atoms with Crippen LogP contribution < -0.4 is 18.9 Å². The van der Waals surface area contributed by atoms with Gasteiger partial charge in [0.1, 0.15) is 57.1 Å². The molecule has 0 spiro atoms. The molecule has 0 atom stereocenters. The molecular formula is C44H54O15. The molecule has 0 amide bonds. The van der Waals surface area contributed by atoms with Crippen LogP contribution in [0, 0.1) is 13.8 Å². The number of benzene rings is 4. The lowest BCUT2D eigenvalue weighted by Gasteiger charge is -2.15. The Kier molecular flexibility index (Phi) is 19.0. The SMILES string of the molecule is CCCc1c(OCCCOc2ccc(C(=O)O)c(O)c2C)ccc(C(C)=O)c1O.CCCc1c(OCCCOc2ccc(C(=O)O)c(O)c2C)ccc(C(C)=O)c1O.O. The number of carboxylic acid groups (broad SMARTS) is 2. The van der Waals surface area contributed by atoms with E-state index in [4.69, 9.17) is 29.2 Å². The van der Waals surface area contributed by atoms with E-state index >= 15 is 0 Å². The highest BCUT2D eigenvalue weighted by molar-refractivity contribution is 5.98. The van der Waals surface area contributed by atoms with Gasteiger partial charge in [-0.1, -0.05) is 26.7 Å². The van der Waals surface area contributed by atoms with Crippen LogP contribution in [-0.2, 0) is 12.8 Å². The molecule has 0 saturated heterocycles. The number of hydrogen-bond acceptors (Lipinski definition) is 12. The van der Waals surface area contributed by atoms with E-state index in [9.17, 15) is 39.6 Å². The van der Waals surface area contributed by atoms with Gasteiger partial charge in [0.15, 0.2) is 11.6 Å². The second-order valence-electron chi connectivity index (χ2n) is 13.4. The van der Waals surface area contributed by atoms with Gasteiger partial charge in [-0.25, -0.2) is 9.59 Å². The average molecular weight is 823 g/mol. The second-order valence-corrected chi connectivity index (χ2v) is 13.4. The van der Waals surface area contributed by atoms with Crippen LogP contribution in [0.5, 0.6) is 46.0 Å². The smallest absolute Gasteiger partial charge is 0.339 e. The first-order valence-corrected chi connectivity index (χ1v) is 18.9. The number of carbonyl (C=O) groups is 4. The summed E-state index contributed by atoms with van der Waals surface area (Å²) >= 11 is 0. The summed E-state index contributed by atoms with van der Waals surface area (Å²) in [5.74, 6) is -1.60. The molecule has 59 heavy (non-hydrogen) atoms. The first kappa shape index (κ1) is 48.7. The predicted octanol–water partition coefficient (Wildman–Crippen LogP) is 7.39. The number of carboxylic acids is 2. The van der Waals surface area contributed by atoms with E-state index in [1.807, 2.05) is 13.8 Å². The molecule has 0 bridgehead atoms. The number of aromatic carboxylic acids is 2. The lowest BCUT2D eigenvalue weighted by molar-refractivity contribution is 0.0682. The molecule has 0 aliphatic rings. The summed E-state index contributed by atoms with van der Waals surface area (Å²) in [6, 6.07) is 12.1. The first-order valence-electron chi connectivity index (χ1n) is 18.9. The quantitative estimate of drug-likeness (QED) is 0.0375. The summed E-state index contributed by atoms with van der Waals surface area (Å²) in [7, 11) is 0. The number of ether oxygens (including phenoxy) is 4. The van der Waals surface area contributed by atoms with Gasteiger partial charge in [-0.3, -0.25) is 9.59 Å². The van der Waals surface area contributed by atoms with Crippen LogP contribution in [0.2, 0.25) is 0 Å². The van der Waals surface area contributed by atoms with E-state index in [0.717, 1.165) is 12.8 Å². The Labute approximate surface area is 342 Å². The molecular weight excluding hydrogens is 768 g/mol. The number of hydrogen-bond donors (Lipinski definition) is 6. The van der Waals surface area contributed by atoms with Crippen LogP contribution in [0.1, 0.15) is 117 Å². The van der Waals surface area contributed by atoms with Crippen LogP contribution in [0.15, 0.2) is 48.5 Å². The van der Waals surface area contributed by atoms with E-state index in [0.29, 0.717) is 97.4 Å². The van der Waals surface area contributed by atoms with Crippen molar-refractivity contribution in [3.05, 3.63) is 93.0 Å². The minimum atomic E-state index is -1.20. The van der Waals surface area contributed by atoms with Gasteiger partial charge in [-0.05, 0) is 89.1 Å². The van der Waals surface area contributed by atoms with Gasteiger partial charge in [-0.15, -0.1) is 0 Å². The van der Waals surface area contributed by atoms with Crippen LogP contribution in [0.3, 0.4) is 0 Å². The van der Waals surface area contributed by atoms with Crippen molar-refractivity contribution in [2.75, 3.05) is 26.4 Å². The topological polar surface area (TPSA) is 258 Å². The molecule has 0 heterocycles. The van der Waals surface area contributed by atoms with Gasteiger partial charge in [0.05, 0.1) is 37.6 Å². The Bertz CT molecular complexity index is 1960. The fourth-order valence-corrected chi connectivity index (χ4v) is 5.92. The van der Waals surface area contributed by atoms with Crippen molar-refractivity contribution in [3.63, 3.8) is 0 Å². The monoisotopic (exact) mass is 822 g/mol. The van der Waals surface area contributed by atoms with Crippen LogP contribution >= 0.6 is 0 Å². The largest absolute Gasteiger partial charge is 0.507 e. The number of Topliss-reactive ketones (excluding diaryl/α,β-unsaturated/α-hetero) is 2. The molecule has 0 radical (unpaired) electrons. The Balaban J connectivity index is 0.000000400. The number of aromatic hydroxyl groups is 4. The van der Waals surface area contributed by atoms with Crippen molar-refractivity contribution in [3.8, 4) is 46.0 Å². The normalized spacial score (nSPS) is 10.4. The molecule has 0 fully saturated rings. The maximum absolute atomic E-state index is 11.6. The molecule has 4 aromatic carbocycles. The fraction of sp³-hybridized carbons (Fsp3) is 0.364. The van der Waals surface area contributed by atoms with Gasteiger partial charge in [0.25, 0.3) is 0 Å². The van der Waals surface area contributed by atoms with E-state index in [2.05, 4.69) is 0 Å². The zero-order valence-corrected chi connectivity index (χ0v) is 34.1. The number of ketones is 2. The Morgan fingerprint density at radius 2 is 0.763 bits per heavy atom. The van der Waals surface area contributed by atoms with E-state index in [-0.39, 0.29) is 62.3 Å². The minimum Gasteiger partial charge on any atom is -0.507 e. The van der Waals surface area contributed by atoms with Crippen LogP contribution in [-0.4, -0.2) is 86.0 Å². The van der Waals surface area contributed by atoms with Gasteiger partial charge in [-0.2, -0.15) is 0 Å². The zero-order valence-electron chi connectivity index (χ0n) is 34.1. The third-order valence-electron chi connectivity index (χ3n) is 9.07. The maximum Gasteiger partial charge on any atom is 0.339 e. The molecule has 15 heteroatoms. The zero-order chi connectivity index (χ0) is 43.1. The Morgan fingerprint density at radius 3 is 1.05 bits per heavy atom. The predicted molar refractivity (Wildman–Crippen MR) is 219 cm³/mol. The summed E-state index contributed by atoms with van der Waals surface area (Å²) in [4.78, 5) is 45.3. The third kappa shape index (κ3) is 12.8. The molecule has 4 aromatic rings. The summed E-state index contributed by atoms with van der Waals surface area (Å²) in [6.45, 7) is 11.2. The molecule has 0 saturated carbocycles. The van der Waals surface area contributed by atoms with Gasteiger partial charge < -0.3 is 55.1 Å². The molecule has 0 aliphatic carbocycles. The number of rotatable bonds is 20. The van der Waals surface area contributed by atoms with Crippen molar-refractivity contribution >= 4 is 23.5 Å². The maximum atomic E-state index is 11.6. The first-order chi connectivity index (χ1) is 27.5. The average Bonchev–Trinajstić information content (AvgIpc) is 3.16. The van der Waals surface area contributed by atoms with Crippen molar-refractivity contribution in [2.45, 2.75) is 80.1 Å². The fourth-order valence-electron chi connectivity index (χ4n) is 5.92. The highest BCUT2D eigenvalue weighted by atomic mass is 16.5. The van der Waals surface area contributed by atoms with Crippen LogP contribution in [0.25, 0.3) is 0 Å². The van der Waals surface area contributed by atoms with Gasteiger partial charge in [0.2, 0.25) is 0 Å². The molecule has 15 nitrogen and oxygen atoms in total. The minimum absolute atomic E-state index is 0. The second kappa shape index (κ2) is 23.1. The molecule has 4 rings (SSSR count). The van der Waals surface area contributed by atoms with Crippen molar-refractivity contribution < 1.29 is 74.2 Å². The van der Waals surface area contributed by atoms with E-state index < -0.39 is 11.9 Å². The summed E-state index contributed by atoms with van der Waals surface area (Å²) in [6.07, 6.45) is 3.83. The standard InChI is InChI=1S/2C22H26O7.H2O/c2*1-4-6-16-19(10-7-15(14(3)23)21(16)25)29-12-5-11-28-18-9-8-17(22(26)27)20(24)13(18)2;/h2*7-10,24-25H,4-6,11-12H2,1-3H3,(H,26,27);1H2. The molecule has 0 aliphatic heterocycles. The highest BCUT2D eigenvalue weighted by Gasteiger charge is 2.19. The Morgan fingerprint density at radius 1 is 0.475 bits per heavy atom. The highest BCUT2D eigenvalue weighted by Crippen LogP contribution is 2.35. The molecule has 320 valence electrons.